The van der Waals surface area contributed by atoms with E-state index in [9.17, 15) is 4.79 Å². The molecule has 0 aromatic carbocycles. The van der Waals surface area contributed by atoms with Gasteiger partial charge in [0.1, 0.15) is 11.3 Å². The lowest BCUT2D eigenvalue weighted by molar-refractivity contribution is 0.547. The van der Waals surface area contributed by atoms with Gasteiger partial charge in [-0.05, 0) is 0 Å². The van der Waals surface area contributed by atoms with E-state index in [0.29, 0.717) is 11.2 Å². The van der Waals surface area contributed by atoms with E-state index in [0.717, 1.165) is 5.82 Å². The molecule has 5 nitrogen and oxygen atoms in total. The van der Waals surface area contributed by atoms with E-state index < -0.39 is 0 Å². The zero-order valence-electron chi connectivity index (χ0n) is 9.33. The lowest BCUT2D eigenvalue weighted by Gasteiger charge is -2.15. The van der Waals surface area contributed by atoms with Crippen molar-refractivity contribution >= 4 is 11.2 Å². The number of nitrogens with zero attached hydrogens (tertiary/aromatic N) is 3. The summed E-state index contributed by atoms with van der Waals surface area (Å²) in [6.45, 7) is 6.12. The molecule has 0 aliphatic rings. The number of aryl methyl sites for hydroxylation is 1. The number of aromatic amines is 1. The van der Waals surface area contributed by atoms with Gasteiger partial charge in [-0.1, -0.05) is 20.8 Å². The molecular formula is C10H14N4O. The third-order valence-electron chi connectivity index (χ3n) is 2.30. The number of imidazole rings is 1. The molecule has 80 valence electrons. The second-order valence-corrected chi connectivity index (χ2v) is 4.67. The van der Waals surface area contributed by atoms with Gasteiger partial charge in [-0.2, -0.15) is 0 Å². The second kappa shape index (κ2) is 2.92. The number of hydrogen-bond donors (Lipinski definition) is 1. The number of rotatable bonds is 0. The lowest BCUT2D eigenvalue weighted by atomic mass is 9.96. The monoisotopic (exact) mass is 206 g/mol. The zero-order valence-corrected chi connectivity index (χ0v) is 9.33. The molecule has 2 aromatic rings. The Bertz CT molecular complexity index is 559. The van der Waals surface area contributed by atoms with Crippen LogP contribution in [0.2, 0.25) is 0 Å². The summed E-state index contributed by atoms with van der Waals surface area (Å²) in [5.41, 5.74) is 1.06. The molecule has 0 atom stereocenters. The molecule has 0 saturated carbocycles. The Balaban J connectivity index is 2.75. The van der Waals surface area contributed by atoms with E-state index in [-0.39, 0.29) is 11.1 Å². The highest BCUT2D eigenvalue weighted by molar-refractivity contribution is 5.69. The van der Waals surface area contributed by atoms with Crippen molar-refractivity contribution in [2.24, 2.45) is 7.05 Å². The summed E-state index contributed by atoms with van der Waals surface area (Å²) in [5.74, 6) is 0.740. The molecule has 0 bridgehead atoms. The molecule has 0 fully saturated rings. The van der Waals surface area contributed by atoms with Crippen LogP contribution in [0.25, 0.3) is 11.2 Å². The van der Waals surface area contributed by atoms with E-state index in [2.05, 4.69) is 15.0 Å². The smallest absolute Gasteiger partial charge is 0.303 e. The maximum Gasteiger partial charge on any atom is 0.327 e. The van der Waals surface area contributed by atoms with Gasteiger partial charge < -0.3 is 4.98 Å². The van der Waals surface area contributed by atoms with Gasteiger partial charge in [0, 0.05) is 12.5 Å². The minimum absolute atomic E-state index is 0.110. The summed E-state index contributed by atoms with van der Waals surface area (Å²) in [7, 11) is 1.70. The number of fused-ring (bicyclic) bond motifs is 1. The van der Waals surface area contributed by atoms with Gasteiger partial charge in [0.15, 0.2) is 5.65 Å². The van der Waals surface area contributed by atoms with Crippen LogP contribution >= 0.6 is 0 Å². The molecule has 2 heterocycles. The third-order valence-corrected chi connectivity index (χ3v) is 2.30. The van der Waals surface area contributed by atoms with Crippen molar-refractivity contribution in [3.63, 3.8) is 0 Å². The summed E-state index contributed by atoms with van der Waals surface area (Å²) < 4.78 is 1.49. The SMILES string of the molecule is Cn1c(=O)[nH]c2cnc(C(C)(C)C)nc21. The molecule has 0 radical (unpaired) electrons. The Hall–Kier alpha value is -1.65. The van der Waals surface area contributed by atoms with E-state index in [1.165, 1.54) is 4.57 Å². The number of H-pyrrole nitrogens is 1. The molecule has 0 amide bonds. The molecule has 2 aromatic heterocycles. The predicted molar refractivity (Wildman–Crippen MR) is 57.8 cm³/mol. The Labute approximate surface area is 87.2 Å². The summed E-state index contributed by atoms with van der Waals surface area (Å²) in [4.78, 5) is 22.7. The highest BCUT2D eigenvalue weighted by Gasteiger charge is 2.18. The molecule has 0 unspecified atom stereocenters. The lowest BCUT2D eigenvalue weighted by Crippen LogP contribution is -2.17. The van der Waals surface area contributed by atoms with Crippen LogP contribution in [0.3, 0.4) is 0 Å². The van der Waals surface area contributed by atoms with Gasteiger partial charge in [-0.15, -0.1) is 0 Å². The van der Waals surface area contributed by atoms with E-state index >= 15 is 0 Å². The average molecular weight is 206 g/mol. The van der Waals surface area contributed by atoms with Crippen molar-refractivity contribution in [1.29, 1.82) is 0 Å². The van der Waals surface area contributed by atoms with Gasteiger partial charge in [-0.25, -0.2) is 14.8 Å². The van der Waals surface area contributed by atoms with Crippen molar-refractivity contribution in [3.8, 4) is 0 Å². The molecule has 2 rings (SSSR count). The van der Waals surface area contributed by atoms with Gasteiger partial charge in [0.25, 0.3) is 0 Å². The quantitative estimate of drug-likeness (QED) is 0.698. The van der Waals surface area contributed by atoms with Crippen LogP contribution in [0, 0.1) is 0 Å². The van der Waals surface area contributed by atoms with Crippen molar-refractivity contribution < 1.29 is 0 Å². The first-order chi connectivity index (χ1) is 6.89. The highest BCUT2D eigenvalue weighted by atomic mass is 16.1. The van der Waals surface area contributed by atoms with Crippen LogP contribution < -0.4 is 5.69 Å². The Kier molecular flexibility index (Phi) is 1.92. The minimum atomic E-state index is -0.162. The highest BCUT2D eigenvalue weighted by Crippen LogP contribution is 2.18. The summed E-state index contributed by atoms with van der Waals surface area (Å²) in [6.07, 6.45) is 1.66. The largest absolute Gasteiger partial charge is 0.327 e. The maximum absolute atomic E-state index is 11.3. The fourth-order valence-electron chi connectivity index (χ4n) is 1.37. The average Bonchev–Trinajstić information content (AvgIpc) is 2.41. The topological polar surface area (TPSA) is 63.6 Å². The maximum atomic E-state index is 11.3. The van der Waals surface area contributed by atoms with Crippen LogP contribution in [0.5, 0.6) is 0 Å². The van der Waals surface area contributed by atoms with Crippen molar-refractivity contribution in [1.82, 2.24) is 19.5 Å². The Morgan fingerprint density at radius 2 is 2.07 bits per heavy atom. The fourth-order valence-corrected chi connectivity index (χ4v) is 1.37. The van der Waals surface area contributed by atoms with Crippen molar-refractivity contribution in [2.45, 2.75) is 26.2 Å². The second-order valence-electron chi connectivity index (χ2n) is 4.67. The Morgan fingerprint density at radius 1 is 1.40 bits per heavy atom. The van der Waals surface area contributed by atoms with Gasteiger partial charge in [0.2, 0.25) is 0 Å². The molecule has 0 saturated heterocycles. The third kappa shape index (κ3) is 1.54. The first-order valence-electron chi connectivity index (χ1n) is 4.82. The molecule has 0 aliphatic carbocycles. The van der Waals surface area contributed by atoms with Crippen LogP contribution in [0.15, 0.2) is 11.0 Å². The molecule has 0 spiro atoms. The summed E-state index contributed by atoms with van der Waals surface area (Å²) in [5, 5.41) is 0. The molecule has 5 heteroatoms. The fraction of sp³-hybridized carbons (Fsp3) is 0.500. The van der Waals surface area contributed by atoms with E-state index in [1.54, 1.807) is 13.2 Å². The first kappa shape index (κ1) is 9.89. The van der Waals surface area contributed by atoms with Crippen LogP contribution in [0.4, 0.5) is 0 Å². The van der Waals surface area contributed by atoms with Crippen LogP contribution in [-0.2, 0) is 12.5 Å². The number of nitrogens with one attached hydrogen (secondary N) is 1. The Morgan fingerprint density at radius 3 is 2.67 bits per heavy atom. The van der Waals surface area contributed by atoms with Gasteiger partial charge >= 0.3 is 5.69 Å². The number of hydrogen-bond acceptors (Lipinski definition) is 3. The minimum Gasteiger partial charge on any atom is -0.303 e. The normalized spacial score (nSPS) is 12.3. The van der Waals surface area contributed by atoms with E-state index in [4.69, 9.17) is 0 Å². The molecule has 0 aliphatic heterocycles. The van der Waals surface area contributed by atoms with Gasteiger partial charge in [-0.3, -0.25) is 4.57 Å². The molecule has 1 N–H and O–H groups in total. The molecule has 15 heavy (non-hydrogen) atoms. The van der Waals surface area contributed by atoms with Crippen molar-refractivity contribution in [2.75, 3.05) is 0 Å². The standard InChI is InChI=1S/C10H14N4O/c1-10(2,3)8-11-5-6-7(13-8)14(4)9(15)12-6/h5H,1-4H3,(H,12,15). The number of aromatic nitrogens is 4. The van der Waals surface area contributed by atoms with Crippen LogP contribution in [-0.4, -0.2) is 19.5 Å². The summed E-state index contributed by atoms with van der Waals surface area (Å²) in [6, 6.07) is 0. The first-order valence-corrected chi connectivity index (χ1v) is 4.82. The van der Waals surface area contributed by atoms with Crippen LogP contribution in [0.1, 0.15) is 26.6 Å². The molecular weight excluding hydrogens is 192 g/mol. The predicted octanol–water partition coefficient (Wildman–Crippen LogP) is 0.954. The van der Waals surface area contributed by atoms with E-state index in [1.807, 2.05) is 20.8 Å². The zero-order chi connectivity index (χ0) is 11.2. The van der Waals surface area contributed by atoms with Gasteiger partial charge in [0.05, 0.1) is 6.20 Å². The summed E-state index contributed by atoms with van der Waals surface area (Å²) >= 11 is 0. The van der Waals surface area contributed by atoms with Crippen molar-refractivity contribution in [3.05, 3.63) is 22.5 Å².